The van der Waals surface area contributed by atoms with Crippen molar-refractivity contribution in [2.24, 2.45) is 5.92 Å². The van der Waals surface area contributed by atoms with Gasteiger partial charge in [-0.05, 0) is 25.2 Å². The molecule has 1 aliphatic carbocycles. The summed E-state index contributed by atoms with van der Waals surface area (Å²) in [6, 6.07) is 0. The maximum Gasteiger partial charge on any atom is 0.234 e. The molecule has 0 bridgehead atoms. The molecule has 15 heavy (non-hydrogen) atoms. The van der Waals surface area contributed by atoms with Gasteiger partial charge in [0, 0.05) is 5.56 Å². The topological polar surface area (TPSA) is 74.8 Å². The average Bonchev–Trinajstić information content (AvgIpc) is 2.82. The van der Waals surface area contributed by atoms with Crippen LogP contribution in [0.15, 0.2) is 6.20 Å². The molecule has 1 saturated carbocycles. The van der Waals surface area contributed by atoms with E-state index >= 15 is 0 Å². The lowest BCUT2D eigenvalue weighted by Crippen LogP contribution is -2.18. The van der Waals surface area contributed by atoms with Crippen molar-refractivity contribution in [2.45, 2.75) is 26.2 Å². The van der Waals surface area contributed by atoms with Crippen molar-refractivity contribution in [3.05, 3.63) is 11.8 Å². The summed E-state index contributed by atoms with van der Waals surface area (Å²) in [5.74, 6) is 1.10. The maximum absolute atomic E-state index is 11.7. The van der Waals surface area contributed by atoms with Crippen LogP contribution >= 0.6 is 0 Å². The molecule has 5 nitrogen and oxygen atoms in total. The van der Waals surface area contributed by atoms with Crippen LogP contribution < -0.4 is 4.72 Å². The standard InChI is InChI=1S/C9H15N3O2S/c1-2-8-5-10-11-9(8)12-15(13,14)6-7-3-4-7/h5,7H,2-4,6H2,1H3,(H2,10,11,12). The Hall–Kier alpha value is -1.04. The number of H-pyrrole nitrogens is 1. The third-order valence-electron chi connectivity index (χ3n) is 2.51. The number of hydrogen-bond donors (Lipinski definition) is 2. The fourth-order valence-electron chi connectivity index (χ4n) is 1.46. The van der Waals surface area contributed by atoms with Gasteiger partial charge in [0.2, 0.25) is 10.0 Å². The Labute approximate surface area is 89.3 Å². The van der Waals surface area contributed by atoms with Crippen molar-refractivity contribution in [3.63, 3.8) is 0 Å². The Balaban J connectivity index is 2.06. The highest BCUT2D eigenvalue weighted by molar-refractivity contribution is 7.92. The first-order chi connectivity index (χ1) is 7.11. The van der Waals surface area contributed by atoms with Crippen LogP contribution in [0.1, 0.15) is 25.3 Å². The number of rotatable bonds is 5. The van der Waals surface area contributed by atoms with Gasteiger partial charge in [0.15, 0.2) is 0 Å². The Bertz CT molecular complexity index is 434. The van der Waals surface area contributed by atoms with Crippen molar-refractivity contribution in [3.8, 4) is 0 Å². The largest absolute Gasteiger partial charge is 0.267 e. The number of nitrogens with one attached hydrogen (secondary N) is 2. The molecule has 0 atom stereocenters. The molecule has 1 aliphatic rings. The monoisotopic (exact) mass is 229 g/mol. The molecule has 2 rings (SSSR count). The van der Waals surface area contributed by atoms with Gasteiger partial charge in [-0.3, -0.25) is 9.82 Å². The van der Waals surface area contributed by atoms with E-state index in [0.717, 1.165) is 24.8 Å². The summed E-state index contributed by atoms with van der Waals surface area (Å²) >= 11 is 0. The lowest BCUT2D eigenvalue weighted by molar-refractivity contribution is 0.597. The highest BCUT2D eigenvalue weighted by atomic mass is 32.2. The molecule has 0 amide bonds. The number of nitrogens with zero attached hydrogens (tertiary/aromatic N) is 1. The van der Waals surface area contributed by atoms with Gasteiger partial charge in [-0.1, -0.05) is 6.92 Å². The van der Waals surface area contributed by atoms with Gasteiger partial charge in [-0.25, -0.2) is 8.42 Å². The molecule has 1 aromatic rings. The Morgan fingerprint density at radius 3 is 2.93 bits per heavy atom. The van der Waals surface area contributed by atoms with Crippen LogP contribution in [0.5, 0.6) is 0 Å². The highest BCUT2D eigenvalue weighted by Gasteiger charge is 2.28. The van der Waals surface area contributed by atoms with E-state index in [1.54, 1.807) is 6.20 Å². The van der Waals surface area contributed by atoms with E-state index in [9.17, 15) is 8.42 Å². The summed E-state index contributed by atoms with van der Waals surface area (Å²) in [7, 11) is -3.20. The van der Waals surface area contributed by atoms with Gasteiger partial charge in [0.25, 0.3) is 0 Å². The third-order valence-corrected chi connectivity index (χ3v) is 3.93. The minimum Gasteiger partial charge on any atom is -0.267 e. The second-order valence-corrected chi connectivity index (χ2v) is 5.72. The Kier molecular flexibility index (Phi) is 2.68. The number of aryl methyl sites for hydroxylation is 1. The zero-order chi connectivity index (χ0) is 10.9. The second kappa shape index (κ2) is 3.84. The molecule has 1 aromatic heterocycles. The minimum atomic E-state index is -3.20. The van der Waals surface area contributed by atoms with E-state index in [4.69, 9.17) is 0 Å². The van der Waals surface area contributed by atoms with Crippen molar-refractivity contribution < 1.29 is 8.42 Å². The van der Waals surface area contributed by atoms with Crippen LogP contribution in [0.25, 0.3) is 0 Å². The van der Waals surface area contributed by atoms with Crippen LogP contribution in [0.3, 0.4) is 0 Å². The molecule has 0 unspecified atom stereocenters. The smallest absolute Gasteiger partial charge is 0.234 e. The summed E-state index contributed by atoms with van der Waals surface area (Å²) in [6.45, 7) is 1.96. The molecular weight excluding hydrogens is 214 g/mol. The van der Waals surface area contributed by atoms with Crippen LogP contribution in [0, 0.1) is 5.92 Å². The molecule has 2 N–H and O–H groups in total. The Morgan fingerprint density at radius 1 is 1.60 bits per heavy atom. The molecule has 1 heterocycles. The average molecular weight is 229 g/mol. The van der Waals surface area contributed by atoms with Crippen LogP contribution in [0.2, 0.25) is 0 Å². The van der Waals surface area contributed by atoms with E-state index in [0.29, 0.717) is 11.7 Å². The highest BCUT2D eigenvalue weighted by Crippen LogP contribution is 2.30. The molecule has 84 valence electrons. The lowest BCUT2D eigenvalue weighted by atomic mass is 10.3. The van der Waals surface area contributed by atoms with Gasteiger partial charge in [-0.2, -0.15) is 5.10 Å². The predicted molar refractivity (Wildman–Crippen MR) is 58.1 cm³/mol. The maximum atomic E-state index is 11.7. The summed E-state index contributed by atoms with van der Waals surface area (Å²) in [5, 5.41) is 6.49. The van der Waals surface area contributed by atoms with E-state index in [1.807, 2.05) is 6.92 Å². The predicted octanol–water partition coefficient (Wildman–Crippen LogP) is 1.12. The van der Waals surface area contributed by atoms with Gasteiger partial charge in [0.05, 0.1) is 11.9 Å². The number of aromatic nitrogens is 2. The zero-order valence-electron chi connectivity index (χ0n) is 8.66. The van der Waals surface area contributed by atoms with Gasteiger partial charge < -0.3 is 0 Å². The van der Waals surface area contributed by atoms with Gasteiger partial charge >= 0.3 is 0 Å². The molecule has 0 saturated heterocycles. The van der Waals surface area contributed by atoms with Crippen molar-refractivity contribution in [2.75, 3.05) is 10.5 Å². The van der Waals surface area contributed by atoms with Crippen molar-refractivity contribution >= 4 is 15.8 Å². The molecule has 1 fully saturated rings. The Morgan fingerprint density at radius 2 is 2.33 bits per heavy atom. The normalized spacial score (nSPS) is 16.6. The lowest BCUT2D eigenvalue weighted by Gasteiger charge is -2.06. The van der Waals surface area contributed by atoms with Crippen molar-refractivity contribution in [1.82, 2.24) is 10.2 Å². The van der Waals surface area contributed by atoms with E-state index < -0.39 is 10.0 Å². The first-order valence-corrected chi connectivity index (χ1v) is 6.78. The molecule has 0 aromatic carbocycles. The summed E-state index contributed by atoms with van der Waals surface area (Å²) in [6.07, 6.45) is 4.47. The molecule has 0 radical (unpaired) electrons. The summed E-state index contributed by atoms with van der Waals surface area (Å²) < 4.78 is 25.9. The van der Waals surface area contributed by atoms with E-state index in [1.165, 1.54) is 0 Å². The molecule has 0 aliphatic heterocycles. The number of aromatic amines is 1. The SMILES string of the molecule is CCc1cn[nH]c1NS(=O)(=O)CC1CC1. The van der Waals surface area contributed by atoms with E-state index in [2.05, 4.69) is 14.9 Å². The van der Waals surface area contributed by atoms with Crippen molar-refractivity contribution in [1.29, 1.82) is 0 Å². The summed E-state index contributed by atoms with van der Waals surface area (Å²) in [5.41, 5.74) is 0.898. The summed E-state index contributed by atoms with van der Waals surface area (Å²) in [4.78, 5) is 0. The van der Waals surface area contributed by atoms with Crippen LogP contribution in [-0.4, -0.2) is 24.4 Å². The third kappa shape index (κ3) is 2.71. The minimum absolute atomic E-state index is 0.231. The number of hydrogen-bond acceptors (Lipinski definition) is 3. The number of anilines is 1. The zero-order valence-corrected chi connectivity index (χ0v) is 9.47. The van der Waals surface area contributed by atoms with Gasteiger partial charge in [-0.15, -0.1) is 0 Å². The fourth-order valence-corrected chi connectivity index (χ4v) is 2.98. The first-order valence-electron chi connectivity index (χ1n) is 5.13. The van der Waals surface area contributed by atoms with Crippen LogP contribution in [0.4, 0.5) is 5.82 Å². The van der Waals surface area contributed by atoms with E-state index in [-0.39, 0.29) is 5.75 Å². The van der Waals surface area contributed by atoms with Crippen LogP contribution in [-0.2, 0) is 16.4 Å². The molecule has 0 spiro atoms. The first kappa shape index (κ1) is 10.5. The number of sulfonamides is 1. The van der Waals surface area contributed by atoms with Gasteiger partial charge in [0.1, 0.15) is 5.82 Å². The quantitative estimate of drug-likeness (QED) is 0.794. The fraction of sp³-hybridized carbons (Fsp3) is 0.667. The molecule has 6 heteroatoms. The second-order valence-electron chi connectivity index (χ2n) is 3.95. The molecular formula is C9H15N3O2S.